The predicted molar refractivity (Wildman–Crippen MR) is 241 cm³/mol. The Balaban J connectivity index is 0. The lowest BCUT2D eigenvalue weighted by Crippen LogP contribution is -2.45. The molecule has 2 heterocycles. The third kappa shape index (κ3) is 22.1. The Bertz CT molecular complexity index is 1290. The van der Waals surface area contributed by atoms with Crippen molar-refractivity contribution in [1.29, 1.82) is 0 Å². The van der Waals surface area contributed by atoms with Gasteiger partial charge < -0.3 is 26.3 Å². The van der Waals surface area contributed by atoms with Crippen LogP contribution in [0, 0.1) is 5.92 Å². The molecule has 298 valence electrons. The van der Waals surface area contributed by atoms with Crippen molar-refractivity contribution in [2.45, 2.75) is 132 Å². The lowest BCUT2D eigenvalue weighted by molar-refractivity contribution is 0.0660. The number of anilines is 1. The number of likely N-dealkylation sites (tertiary alicyclic amines) is 1. The number of nitrogens with zero attached hydrogens (tertiary/aromatic N) is 3. The molecular weight excluding hydrogens is 673 g/mol. The van der Waals surface area contributed by atoms with Crippen molar-refractivity contribution in [2.75, 3.05) is 31.5 Å². The van der Waals surface area contributed by atoms with E-state index in [-0.39, 0.29) is 16.4 Å². The molecule has 1 saturated heterocycles. The van der Waals surface area contributed by atoms with Gasteiger partial charge in [-0.1, -0.05) is 137 Å². The maximum Gasteiger partial charge on any atom is 0.253 e. The highest BCUT2D eigenvalue weighted by Gasteiger charge is 2.37. The Morgan fingerprint density at radius 1 is 1.04 bits per heavy atom. The molecule has 53 heavy (non-hydrogen) atoms. The minimum Gasteiger partial charge on any atom is -0.376 e. The van der Waals surface area contributed by atoms with Gasteiger partial charge in [0.25, 0.3) is 5.91 Å². The third-order valence-electron chi connectivity index (χ3n) is 9.00. The summed E-state index contributed by atoms with van der Waals surface area (Å²) >= 11 is 4.84. The topological polar surface area (TPSA) is 95.1 Å². The highest BCUT2D eigenvalue weighted by atomic mass is 32.1. The van der Waals surface area contributed by atoms with E-state index < -0.39 is 0 Å². The monoisotopic (exact) mass is 749 g/mol. The molecule has 2 aliphatic heterocycles. The van der Waals surface area contributed by atoms with Gasteiger partial charge in [0.15, 0.2) is 5.11 Å². The summed E-state index contributed by atoms with van der Waals surface area (Å²) in [5.41, 5.74) is 9.33. The zero-order chi connectivity index (χ0) is 40.5. The van der Waals surface area contributed by atoms with Crippen LogP contribution in [0.2, 0.25) is 0 Å². The maximum absolute atomic E-state index is 12.9. The average Bonchev–Trinajstić information content (AvgIpc) is 3.59. The van der Waals surface area contributed by atoms with Crippen LogP contribution in [-0.2, 0) is 5.41 Å². The molecule has 8 heteroatoms. The normalized spacial score (nSPS) is 13.8. The summed E-state index contributed by atoms with van der Waals surface area (Å²) in [6.45, 7) is 31.2. The third-order valence-corrected chi connectivity index (χ3v) is 9.10. The standard InChI is InChI=1S/C22H26N4OS.C9H20.C5H8N2.C5H10.2C2H6/c1-24-14-11-22(18-5-3-2-4-6-18)12-15-26(16-13-22)20(27)17-7-9-19(10-8-17)25-21(23)28;1-4-7-8-9(5-2)6-3;1-4-3-6-5(2)7-4;1-3-5-4-2;2*1-2/h2-10H,1,11-16H2,(H3,23,25,28);9H,4-8H2,1-3H3;1,3H2,2H3,(H,6,7);3,5H,4H2,1-2H3;2*1-2H3/b;;;5-3-;;. The van der Waals surface area contributed by atoms with E-state index in [1.165, 1.54) is 37.7 Å². The number of rotatable bonds is 12. The molecular formula is C45H76N6OS. The van der Waals surface area contributed by atoms with Gasteiger partial charge in [-0.05, 0) is 94.2 Å². The molecule has 4 rings (SSSR count). The van der Waals surface area contributed by atoms with Gasteiger partial charge >= 0.3 is 0 Å². The number of nitrogens with two attached hydrogens (primary N) is 1. The van der Waals surface area contributed by atoms with E-state index in [9.17, 15) is 4.79 Å². The summed E-state index contributed by atoms with van der Waals surface area (Å²) in [5, 5.41) is 6.05. The molecule has 0 atom stereocenters. The summed E-state index contributed by atoms with van der Waals surface area (Å²) in [6, 6.07) is 17.8. The second-order valence-electron chi connectivity index (χ2n) is 12.6. The fraction of sp³-hybridized carbons (Fsp3) is 0.556. The van der Waals surface area contributed by atoms with Crippen LogP contribution in [0.5, 0.6) is 0 Å². The van der Waals surface area contributed by atoms with Gasteiger partial charge in [-0.25, -0.2) is 0 Å². The Labute approximate surface area is 331 Å². The number of unbranched alkanes of at least 4 members (excludes halogenated alkanes) is 1. The molecule has 2 aliphatic rings. The number of hydrogen-bond donors (Lipinski definition) is 3. The Kier molecular flexibility index (Phi) is 31.8. The number of carbonyl (C=O) groups excluding carboxylic acids is 1. The van der Waals surface area contributed by atoms with Crippen LogP contribution < -0.4 is 16.4 Å². The number of allylic oxidation sites excluding steroid dienone is 2. The summed E-state index contributed by atoms with van der Waals surface area (Å²) in [5.74, 6) is 2.04. The van der Waals surface area contributed by atoms with Crippen molar-refractivity contribution >= 4 is 41.5 Å². The molecule has 7 nitrogen and oxygen atoms in total. The second kappa shape index (κ2) is 32.8. The summed E-state index contributed by atoms with van der Waals surface area (Å²) in [4.78, 5) is 23.0. The van der Waals surface area contributed by atoms with Crippen LogP contribution in [0.3, 0.4) is 0 Å². The van der Waals surface area contributed by atoms with Crippen LogP contribution in [0.4, 0.5) is 5.69 Å². The smallest absolute Gasteiger partial charge is 0.253 e. The molecule has 1 fully saturated rings. The van der Waals surface area contributed by atoms with Gasteiger partial charge in [0.2, 0.25) is 0 Å². The number of hydrogen-bond acceptors (Lipinski definition) is 5. The first-order chi connectivity index (χ1) is 25.6. The Morgan fingerprint density at radius 2 is 1.62 bits per heavy atom. The molecule has 1 amide bonds. The number of nitrogens with one attached hydrogen (secondary N) is 2. The zero-order valence-electron chi connectivity index (χ0n) is 35.3. The van der Waals surface area contributed by atoms with Crippen LogP contribution in [0.15, 0.2) is 89.0 Å². The second-order valence-corrected chi connectivity index (χ2v) is 13.1. The molecule has 0 aromatic heterocycles. The van der Waals surface area contributed by atoms with Gasteiger partial charge in [-0.15, -0.1) is 0 Å². The zero-order valence-corrected chi connectivity index (χ0v) is 36.1. The minimum atomic E-state index is 0.0594. The number of aliphatic imine (C=N–C) groups is 2. The fourth-order valence-corrected chi connectivity index (χ4v) is 6.02. The quantitative estimate of drug-likeness (QED) is 0.114. The molecule has 0 aliphatic carbocycles. The number of amidine groups is 1. The molecule has 0 saturated carbocycles. The largest absolute Gasteiger partial charge is 0.376 e. The predicted octanol–water partition coefficient (Wildman–Crippen LogP) is 11.8. The van der Waals surface area contributed by atoms with E-state index in [0.717, 1.165) is 75.0 Å². The van der Waals surface area contributed by atoms with Crippen molar-refractivity contribution in [1.82, 2.24) is 10.2 Å². The number of thiocarbonyl (C=S) groups is 1. The van der Waals surface area contributed by atoms with E-state index in [1.54, 1.807) is 0 Å². The van der Waals surface area contributed by atoms with Crippen LogP contribution in [-0.4, -0.2) is 54.7 Å². The summed E-state index contributed by atoms with van der Waals surface area (Å²) in [7, 11) is 0. The summed E-state index contributed by atoms with van der Waals surface area (Å²) < 4.78 is 0. The van der Waals surface area contributed by atoms with Gasteiger partial charge in [-0.2, -0.15) is 0 Å². The van der Waals surface area contributed by atoms with Crippen molar-refractivity contribution in [2.24, 2.45) is 21.6 Å². The van der Waals surface area contributed by atoms with Crippen molar-refractivity contribution < 1.29 is 4.79 Å². The Morgan fingerprint density at radius 3 is 2.00 bits per heavy atom. The van der Waals surface area contributed by atoms with Gasteiger partial charge in [-0.3, -0.25) is 9.79 Å². The lowest BCUT2D eigenvalue weighted by atomic mass is 9.70. The first kappa shape index (κ1) is 51.3. The van der Waals surface area contributed by atoms with Crippen molar-refractivity contribution in [3.05, 3.63) is 90.2 Å². The fourth-order valence-electron chi connectivity index (χ4n) is 5.90. The highest BCUT2D eigenvalue weighted by molar-refractivity contribution is 7.80. The van der Waals surface area contributed by atoms with Crippen molar-refractivity contribution in [3.8, 4) is 0 Å². The molecule has 0 spiro atoms. The molecule has 0 radical (unpaired) electrons. The average molecular weight is 749 g/mol. The number of carbonyl (C=O) groups is 1. The Hall–Kier alpha value is -3.78. The first-order valence-corrected chi connectivity index (χ1v) is 20.5. The van der Waals surface area contributed by atoms with Gasteiger partial charge in [0, 0.05) is 42.0 Å². The van der Waals surface area contributed by atoms with Crippen LogP contribution in [0.25, 0.3) is 0 Å². The number of piperidine rings is 1. The van der Waals surface area contributed by atoms with E-state index in [1.807, 2.05) is 76.8 Å². The molecule has 0 bridgehead atoms. The number of benzene rings is 2. The summed E-state index contributed by atoms with van der Waals surface area (Å²) in [6.07, 6.45) is 15.1. The van der Waals surface area contributed by atoms with Gasteiger partial charge in [0.05, 0.1) is 12.4 Å². The van der Waals surface area contributed by atoms with E-state index in [4.69, 9.17) is 18.0 Å². The molecule has 4 N–H and O–H groups in total. The van der Waals surface area contributed by atoms with E-state index in [0.29, 0.717) is 5.56 Å². The minimum absolute atomic E-state index is 0.0594. The van der Waals surface area contributed by atoms with E-state index >= 15 is 0 Å². The lowest BCUT2D eigenvalue weighted by Gasteiger charge is -2.42. The number of amides is 1. The van der Waals surface area contributed by atoms with E-state index in [2.05, 4.69) is 98.0 Å². The first-order valence-electron chi connectivity index (χ1n) is 20.1. The molecule has 0 unspecified atom stereocenters. The van der Waals surface area contributed by atoms with Crippen molar-refractivity contribution in [3.63, 3.8) is 0 Å². The maximum atomic E-state index is 12.9. The highest BCUT2D eigenvalue weighted by Crippen LogP contribution is 2.39. The van der Waals surface area contributed by atoms with Crippen LogP contribution >= 0.6 is 12.2 Å². The molecule has 2 aromatic carbocycles. The van der Waals surface area contributed by atoms with Gasteiger partial charge in [0.1, 0.15) is 0 Å². The molecule has 2 aromatic rings. The SMILES string of the molecule is C/C=C\CC.C=C1CN=C(C)N1.C=NCCC1(c2ccccc2)CCN(C(=O)c2ccc(NC(N)=S)cc2)CC1.CC.CC.CCCCC(CC)CC. The van der Waals surface area contributed by atoms with Crippen LogP contribution in [0.1, 0.15) is 143 Å².